The normalized spacial score (nSPS) is 11.0. The highest BCUT2D eigenvalue weighted by Crippen LogP contribution is 2.43. The Hall–Kier alpha value is -2.37. The van der Waals surface area contributed by atoms with Crippen molar-refractivity contribution in [2.45, 2.75) is 19.3 Å². The van der Waals surface area contributed by atoms with Crippen molar-refractivity contribution in [2.24, 2.45) is 5.73 Å². The number of benzene rings is 2. The molecule has 0 radical (unpaired) electrons. The molecular formula is C21H25ClN2O3. The van der Waals surface area contributed by atoms with E-state index in [0.29, 0.717) is 23.8 Å². The summed E-state index contributed by atoms with van der Waals surface area (Å²) in [4.78, 5) is 3.53. The van der Waals surface area contributed by atoms with Crippen molar-refractivity contribution in [3.8, 4) is 28.5 Å². The summed E-state index contributed by atoms with van der Waals surface area (Å²) in [6.45, 7) is 0.683. The molecule has 3 aromatic rings. The minimum atomic E-state index is 0.576. The van der Waals surface area contributed by atoms with Crippen molar-refractivity contribution in [1.82, 2.24) is 4.98 Å². The lowest BCUT2D eigenvalue weighted by Gasteiger charge is -2.14. The van der Waals surface area contributed by atoms with Gasteiger partial charge in [0.25, 0.3) is 0 Å². The third-order valence-electron chi connectivity index (χ3n) is 4.70. The Balaban J connectivity index is 2.19. The van der Waals surface area contributed by atoms with Gasteiger partial charge in [-0.2, -0.15) is 0 Å². The zero-order chi connectivity index (χ0) is 19.4. The van der Waals surface area contributed by atoms with Gasteiger partial charge in [0.1, 0.15) is 0 Å². The zero-order valence-electron chi connectivity index (χ0n) is 15.9. The zero-order valence-corrected chi connectivity index (χ0v) is 16.7. The van der Waals surface area contributed by atoms with E-state index >= 15 is 0 Å². The van der Waals surface area contributed by atoms with Crippen LogP contribution in [0.15, 0.2) is 30.3 Å². The minimum absolute atomic E-state index is 0.576. The van der Waals surface area contributed by atoms with E-state index in [4.69, 9.17) is 31.5 Å². The van der Waals surface area contributed by atoms with E-state index in [-0.39, 0.29) is 0 Å². The van der Waals surface area contributed by atoms with Gasteiger partial charge in [0.2, 0.25) is 5.75 Å². The summed E-state index contributed by atoms with van der Waals surface area (Å²) in [5.74, 6) is 1.82. The van der Waals surface area contributed by atoms with Gasteiger partial charge in [-0.15, -0.1) is 0 Å². The third-order valence-corrected chi connectivity index (χ3v) is 4.94. The number of aromatic nitrogens is 1. The summed E-state index contributed by atoms with van der Waals surface area (Å²) in [6, 6.07) is 9.82. The van der Waals surface area contributed by atoms with Crippen molar-refractivity contribution in [1.29, 1.82) is 0 Å². The monoisotopic (exact) mass is 388 g/mol. The molecule has 0 aliphatic heterocycles. The second-order valence-corrected chi connectivity index (χ2v) is 6.76. The number of nitrogens with two attached hydrogens (primary N) is 1. The molecule has 2 aromatic carbocycles. The number of rotatable bonds is 8. The summed E-state index contributed by atoms with van der Waals surface area (Å²) in [5.41, 5.74) is 9.95. The highest BCUT2D eigenvalue weighted by atomic mass is 35.5. The number of aromatic amines is 1. The first-order valence-electron chi connectivity index (χ1n) is 8.93. The van der Waals surface area contributed by atoms with Crippen LogP contribution in [0, 0.1) is 0 Å². The van der Waals surface area contributed by atoms with Gasteiger partial charge in [0.15, 0.2) is 11.5 Å². The third kappa shape index (κ3) is 3.84. The van der Waals surface area contributed by atoms with E-state index < -0.39 is 0 Å². The number of unbranched alkanes of at least 4 members (excludes halogenated alkanes) is 1. The predicted molar refractivity (Wildman–Crippen MR) is 110 cm³/mol. The van der Waals surface area contributed by atoms with E-state index in [2.05, 4.69) is 4.98 Å². The highest BCUT2D eigenvalue weighted by molar-refractivity contribution is 6.31. The van der Waals surface area contributed by atoms with Crippen LogP contribution in [0.3, 0.4) is 0 Å². The molecule has 0 spiro atoms. The summed E-state index contributed by atoms with van der Waals surface area (Å²) >= 11 is 6.25. The van der Waals surface area contributed by atoms with Crippen molar-refractivity contribution in [2.75, 3.05) is 27.9 Å². The quantitative estimate of drug-likeness (QED) is 0.544. The van der Waals surface area contributed by atoms with E-state index in [1.54, 1.807) is 21.3 Å². The standard InChI is InChI=1S/C21H25ClN2O3/c1-25-18-10-13(11-19(26-2)21(18)27-3)20-15(6-4-5-9-23)16-12-14(22)7-8-17(16)24-20/h7-8,10-12,24H,4-6,9,23H2,1-3H3. The lowest BCUT2D eigenvalue weighted by molar-refractivity contribution is 0.324. The Morgan fingerprint density at radius 1 is 0.963 bits per heavy atom. The Labute approximate surface area is 164 Å². The maximum atomic E-state index is 6.25. The van der Waals surface area contributed by atoms with Gasteiger partial charge in [-0.05, 0) is 61.7 Å². The van der Waals surface area contributed by atoms with Crippen LogP contribution in [0.2, 0.25) is 5.02 Å². The highest BCUT2D eigenvalue weighted by Gasteiger charge is 2.19. The van der Waals surface area contributed by atoms with Gasteiger partial charge < -0.3 is 24.9 Å². The average molecular weight is 389 g/mol. The number of hydrogen-bond donors (Lipinski definition) is 2. The first-order chi connectivity index (χ1) is 13.1. The number of aryl methyl sites for hydroxylation is 1. The van der Waals surface area contributed by atoms with Crippen molar-refractivity contribution in [3.05, 3.63) is 40.9 Å². The molecule has 27 heavy (non-hydrogen) atoms. The maximum Gasteiger partial charge on any atom is 0.203 e. The van der Waals surface area contributed by atoms with Gasteiger partial charge in [-0.25, -0.2) is 0 Å². The molecule has 0 unspecified atom stereocenters. The summed E-state index contributed by atoms with van der Waals surface area (Å²) in [5, 5.41) is 1.85. The fourth-order valence-corrected chi connectivity index (χ4v) is 3.57. The largest absolute Gasteiger partial charge is 0.493 e. The topological polar surface area (TPSA) is 69.5 Å². The Morgan fingerprint density at radius 3 is 2.26 bits per heavy atom. The van der Waals surface area contributed by atoms with E-state index in [1.807, 2.05) is 30.3 Å². The molecule has 1 aromatic heterocycles. The first kappa shape index (κ1) is 19.4. The molecular weight excluding hydrogens is 364 g/mol. The summed E-state index contributed by atoms with van der Waals surface area (Å²) < 4.78 is 16.5. The second-order valence-electron chi connectivity index (χ2n) is 6.33. The van der Waals surface area contributed by atoms with Gasteiger partial charge in [0.05, 0.1) is 21.3 Å². The van der Waals surface area contributed by atoms with Crippen molar-refractivity contribution >= 4 is 22.5 Å². The molecule has 3 rings (SSSR count). The molecule has 0 aliphatic rings. The van der Waals surface area contributed by atoms with Crippen molar-refractivity contribution < 1.29 is 14.2 Å². The van der Waals surface area contributed by atoms with Gasteiger partial charge >= 0.3 is 0 Å². The molecule has 0 fully saturated rings. The van der Waals surface area contributed by atoms with Crippen molar-refractivity contribution in [3.63, 3.8) is 0 Å². The van der Waals surface area contributed by atoms with Gasteiger partial charge in [-0.1, -0.05) is 11.6 Å². The van der Waals surface area contributed by atoms with Crippen LogP contribution in [0.5, 0.6) is 17.2 Å². The summed E-state index contributed by atoms with van der Waals surface area (Å²) in [7, 11) is 4.84. The number of H-pyrrole nitrogens is 1. The number of hydrogen-bond acceptors (Lipinski definition) is 4. The van der Waals surface area contributed by atoms with Crippen LogP contribution >= 0.6 is 11.6 Å². The molecule has 144 valence electrons. The average Bonchev–Trinajstić information content (AvgIpc) is 3.04. The van der Waals surface area contributed by atoms with Crippen LogP contribution in [0.25, 0.3) is 22.2 Å². The molecule has 0 atom stereocenters. The lowest BCUT2D eigenvalue weighted by atomic mass is 9.99. The van der Waals surface area contributed by atoms with E-state index in [9.17, 15) is 0 Å². The molecule has 1 heterocycles. The molecule has 5 nitrogen and oxygen atoms in total. The predicted octanol–water partition coefficient (Wildman–Crippen LogP) is 4.80. The van der Waals surface area contributed by atoms with Crippen LogP contribution in [0.1, 0.15) is 18.4 Å². The second kappa shape index (κ2) is 8.55. The van der Waals surface area contributed by atoms with Crippen LogP contribution in [-0.2, 0) is 6.42 Å². The Morgan fingerprint density at radius 2 is 1.67 bits per heavy atom. The van der Waals surface area contributed by atoms with Gasteiger partial charge in [0, 0.05) is 27.2 Å². The number of nitrogens with one attached hydrogen (secondary N) is 1. The molecule has 6 heteroatoms. The van der Waals surface area contributed by atoms with Crippen LogP contribution in [-0.4, -0.2) is 32.9 Å². The van der Waals surface area contributed by atoms with Crippen LogP contribution in [0.4, 0.5) is 0 Å². The molecule has 3 N–H and O–H groups in total. The maximum absolute atomic E-state index is 6.25. The molecule has 0 saturated carbocycles. The number of fused-ring (bicyclic) bond motifs is 1. The number of halogens is 1. The minimum Gasteiger partial charge on any atom is -0.493 e. The number of ether oxygens (including phenoxy) is 3. The molecule has 0 aliphatic carbocycles. The first-order valence-corrected chi connectivity index (χ1v) is 9.31. The molecule has 0 bridgehead atoms. The number of methoxy groups -OCH3 is 3. The molecule has 0 amide bonds. The van der Waals surface area contributed by atoms with E-state index in [1.165, 1.54) is 5.56 Å². The lowest BCUT2D eigenvalue weighted by Crippen LogP contribution is -2.00. The Kier molecular flexibility index (Phi) is 6.14. The fraction of sp³-hybridized carbons (Fsp3) is 0.333. The SMILES string of the molecule is COc1cc(-c2[nH]c3ccc(Cl)cc3c2CCCCN)cc(OC)c1OC. The molecule has 0 saturated heterocycles. The van der Waals surface area contributed by atoms with E-state index in [0.717, 1.165) is 46.4 Å². The van der Waals surface area contributed by atoms with Crippen LogP contribution < -0.4 is 19.9 Å². The Bertz CT molecular complexity index is 912. The fourth-order valence-electron chi connectivity index (χ4n) is 3.40. The van der Waals surface area contributed by atoms with Gasteiger partial charge in [-0.3, -0.25) is 0 Å². The summed E-state index contributed by atoms with van der Waals surface area (Å²) in [6.07, 6.45) is 2.89. The smallest absolute Gasteiger partial charge is 0.203 e.